The van der Waals surface area contributed by atoms with E-state index in [2.05, 4.69) is 21.3 Å². The molecule has 1 aromatic carbocycles. The Kier molecular flexibility index (Phi) is 11.1. The number of esters is 1. The fourth-order valence-corrected chi connectivity index (χ4v) is 3.77. The summed E-state index contributed by atoms with van der Waals surface area (Å²) in [4.78, 5) is 59.7. The summed E-state index contributed by atoms with van der Waals surface area (Å²) in [6.07, 6.45) is 2.17. The minimum absolute atomic E-state index is 0.198. The number of methoxy groups -OCH3 is 1. The number of carbonyl (C=O) groups is 5. The first-order valence-electron chi connectivity index (χ1n) is 11.3. The van der Waals surface area contributed by atoms with Crippen molar-refractivity contribution in [2.24, 2.45) is 11.8 Å². The van der Waals surface area contributed by atoms with Crippen molar-refractivity contribution in [3.05, 3.63) is 29.3 Å². The number of carbonyl (C=O) groups excluding carboxylic acids is 5. The number of benzene rings is 1. The van der Waals surface area contributed by atoms with Crippen molar-refractivity contribution in [1.82, 2.24) is 16.0 Å². The van der Waals surface area contributed by atoms with Crippen LogP contribution in [0.4, 0.5) is 5.69 Å². The summed E-state index contributed by atoms with van der Waals surface area (Å²) in [6.45, 7) is -1.54. The number of rotatable bonds is 11. The van der Waals surface area contributed by atoms with Gasteiger partial charge in [0, 0.05) is 11.6 Å². The van der Waals surface area contributed by atoms with Gasteiger partial charge in [-0.1, -0.05) is 6.07 Å². The van der Waals surface area contributed by atoms with Crippen LogP contribution >= 0.6 is 0 Å². The van der Waals surface area contributed by atoms with Crippen molar-refractivity contribution in [3.8, 4) is 0 Å². The number of anilines is 1. The minimum Gasteiger partial charge on any atom is -0.469 e. The van der Waals surface area contributed by atoms with Gasteiger partial charge in [0.05, 0.1) is 45.9 Å². The van der Waals surface area contributed by atoms with Crippen LogP contribution in [-0.2, 0) is 41.9 Å². The molecule has 12 heteroatoms. The largest absolute Gasteiger partial charge is 0.469 e. The zero-order valence-corrected chi connectivity index (χ0v) is 19.6. The van der Waals surface area contributed by atoms with Crippen molar-refractivity contribution in [2.45, 2.75) is 38.9 Å². The molecule has 6 N–H and O–H groups in total. The van der Waals surface area contributed by atoms with E-state index in [1.807, 2.05) is 0 Å². The lowest BCUT2D eigenvalue weighted by Crippen LogP contribution is -2.44. The third-order valence-corrected chi connectivity index (χ3v) is 5.65. The molecule has 35 heavy (non-hydrogen) atoms. The molecule has 0 radical (unpaired) electrons. The van der Waals surface area contributed by atoms with Gasteiger partial charge in [-0.05, 0) is 48.9 Å². The standard InChI is InChI=1S/C23H32N4O8/c1-35-23(34)17-4-2-16(3-5-17)22(33)26-10-20(31)24-9-19(30)25-11-21(32)27-18-7-14(12-28)6-15(8-18)13-29/h6-8,16-17,28-29H,2-5,9-13H2,1H3,(H,24,31)(H,25,30)(H,26,33)(H,27,32)/t16-,17-. The average molecular weight is 493 g/mol. The second-order valence-electron chi connectivity index (χ2n) is 8.25. The first-order valence-corrected chi connectivity index (χ1v) is 11.3. The lowest BCUT2D eigenvalue weighted by Gasteiger charge is -2.25. The summed E-state index contributed by atoms with van der Waals surface area (Å²) in [5.41, 5.74) is 1.39. The van der Waals surface area contributed by atoms with E-state index in [4.69, 9.17) is 4.74 Å². The Hall–Kier alpha value is -3.51. The van der Waals surface area contributed by atoms with Gasteiger partial charge >= 0.3 is 5.97 Å². The normalized spacial score (nSPS) is 17.1. The SMILES string of the molecule is COC(=O)[C@H]1CC[C@H](C(=O)NCC(=O)NCC(=O)NCC(=O)Nc2cc(CO)cc(CO)c2)CC1. The number of aliphatic hydroxyl groups excluding tert-OH is 2. The highest BCUT2D eigenvalue weighted by molar-refractivity contribution is 5.95. The predicted octanol–water partition coefficient (Wildman–Crippen LogP) is -1.06. The first kappa shape index (κ1) is 27.7. The fraction of sp³-hybridized carbons (Fsp3) is 0.522. The molecule has 1 saturated carbocycles. The zero-order chi connectivity index (χ0) is 25.8. The molecular formula is C23H32N4O8. The van der Waals surface area contributed by atoms with Crippen LogP contribution in [0.5, 0.6) is 0 Å². The average Bonchev–Trinajstić information content (AvgIpc) is 2.88. The van der Waals surface area contributed by atoms with Gasteiger partial charge in [-0.25, -0.2) is 0 Å². The third-order valence-electron chi connectivity index (χ3n) is 5.65. The molecule has 0 spiro atoms. The molecule has 1 aliphatic rings. The maximum Gasteiger partial charge on any atom is 0.308 e. The van der Waals surface area contributed by atoms with E-state index in [9.17, 15) is 34.2 Å². The molecule has 2 rings (SSSR count). The number of amides is 4. The Morgan fingerprint density at radius 2 is 1.26 bits per heavy atom. The van der Waals surface area contributed by atoms with Gasteiger partial charge in [0.1, 0.15) is 0 Å². The van der Waals surface area contributed by atoms with Gasteiger partial charge in [-0.3, -0.25) is 24.0 Å². The van der Waals surface area contributed by atoms with Crippen LogP contribution in [0.25, 0.3) is 0 Å². The monoisotopic (exact) mass is 492 g/mol. The van der Waals surface area contributed by atoms with Gasteiger partial charge in [0.15, 0.2) is 0 Å². The first-order chi connectivity index (χ1) is 16.7. The van der Waals surface area contributed by atoms with Crippen LogP contribution in [-0.4, -0.2) is 66.6 Å². The van der Waals surface area contributed by atoms with Crippen LogP contribution < -0.4 is 21.3 Å². The Morgan fingerprint density at radius 1 is 0.771 bits per heavy atom. The Labute approximate surface area is 202 Å². The van der Waals surface area contributed by atoms with Crippen molar-refractivity contribution in [2.75, 3.05) is 32.1 Å². The predicted molar refractivity (Wildman–Crippen MR) is 123 cm³/mol. The van der Waals surface area contributed by atoms with E-state index >= 15 is 0 Å². The maximum absolute atomic E-state index is 12.2. The van der Waals surface area contributed by atoms with Crippen molar-refractivity contribution < 1.29 is 38.9 Å². The van der Waals surface area contributed by atoms with E-state index in [-0.39, 0.29) is 56.6 Å². The lowest BCUT2D eigenvalue weighted by molar-refractivity contribution is -0.147. The molecule has 0 bridgehead atoms. The number of nitrogens with one attached hydrogen (secondary N) is 4. The summed E-state index contributed by atoms with van der Waals surface area (Å²) < 4.78 is 4.72. The van der Waals surface area contributed by atoms with Crippen LogP contribution in [0, 0.1) is 11.8 Å². The van der Waals surface area contributed by atoms with Gasteiger partial charge in [0.25, 0.3) is 0 Å². The zero-order valence-electron chi connectivity index (χ0n) is 19.6. The molecule has 0 aromatic heterocycles. The van der Waals surface area contributed by atoms with Crippen molar-refractivity contribution in [3.63, 3.8) is 0 Å². The van der Waals surface area contributed by atoms with Gasteiger partial charge in [0.2, 0.25) is 23.6 Å². The molecular weight excluding hydrogens is 460 g/mol. The summed E-state index contributed by atoms with van der Waals surface area (Å²) in [5.74, 6) is -2.71. The summed E-state index contributed by atoms with van der Waals surface area (Å²) in [7, 11) is 1.34. The van der Waals surface area contributed by atoms with E-state index < -0.39 is 17.7 Å². The van der Waals surface area contributed by atoms with Crippen LogP contribution in [0.3, 0.4) is 0 Å². The van der Waals surface area contributed by atoms with Gasteiger partial charge < -0.3 is 36.2 Å². The second kappa shape index (κ2) is 14.0. The highest BCUT2D eigenvalue weighted by Gasteiger charge is 2.30. The van der Waals surface area contributed by atoms with E-state index in [1.165, 1.54) is 19.2 Å². The smallest absolute Gasteiger partial charge is 0.308 e. The third kappa shape index (κ3) is 9.33. The summed E-state index contributed by atoms with van der Waals surface area (Å²) in [6, 6.07) is 4.68. The Bertz CT molecular complexity index is 906. The maximum atomic E-state index is 12.2. The molecule has 0 aliphatic heterocycles. The molecule has 1 aliphatic carbocycles. The number of hydrogen-bond acceptors (Lipinski definition) is 8. The summed E-state index contributed by atoms with van der Waals surface area (Å²) in [5, 5.41) is 28.3. The van der Waals surface area contributed by atoms with Crippen LogP contribution in [0.2, 0.25) is 0 Å². The number of aliphatic hydroxyl groups is 2. The molecule has 0 heterocycles. The highest BCUT2D eigenvalue weighted by Crippen LogP contribution is 2.29. The van der Waals surface area contributed by atoms with Crippen molar-refractivity contribution >= 4 is 35.3 Å². The Balaban J connectivity index is 1.64. The van der Waals surface area contributed by atoms with Gasteiger partial charge in [-0.2, -0.15) is 0 Å². The molecule has 0 atom stereocenters. The van der Waals surface area contributed by atoms with Crippen LogP contribution in [0.1, 0.15) is 36.8 Å². The van der Waals surface area contributed by atoms with E-state index in [1.54, 1.807) is 6.07 Å². The molecule has 0 saturated heterocycles. The fourth-order valence-electron chi connectivity index (χ4n) is 3.77. The Morgan fingerprint density at radius 3 is 1.77 bits per heavy atom. The number of ether oxygens (including phenoxy) is 1. The molecule has 1 fully saturated rings. The van der Waals surface area contributed by atoms with Crippen LogP contribution in [0.15, 0.2) is 18.2 Å². The quantitative estimate of drug-likeness (QED) is 0.211. The van der Waals surface area contributed by atoms with Gasteiger partial charge in [-0.15, -0.1) is 0 Å². The second-order valence-corrected chi connectivity index (χ2v) is 8.25. The lowest BCUT2D eigenvalue weighted by atomic mass is 9.81. The number of hydrogen-bond donors (Lipinski definition) is 6. The topological polar surface area (TPSA) is 183 Å². The summed E-state index contributed by atoms with van der Waals surface area (Å²) >= 11 is 0. The molecule has 4 amide bonds. The highest BCUT2D eigenvalue weighted by atomic mass is 16.5. The van der Waals surface area contributed by atoms with E-state index in [0.29, 0.717) is 42.5 Å². The van der Waals surface area contributed by atoms with Crippen molar-refractivity contribution in [1.29, 1.82) is 0 Å². The molecule has 192 valence electrons. The molecule has 0 unspecified atom stereocenters. The van der Waals surface area contributed by atoms with E-state index in [0.717, 1.165) is 0 Å². The minimum atomic E-state index is -0.596. The molecule has 1 aromatic rings. The molecule has 12 nitrogen and oxygen atoms in total.